The predicted octanol–water partition coefficient (Wildman–Crippen LogP) is 9.12. The average molecular weight is 665 g/mol. The number of hydrogen-bond acceptors (Lipinski definition) is 6. The van der Waals surface area contributed by atoms with E-state index in [1.807, 2.05) is 0 Å². The van der Waals surface area contributed by atoms with Crippen LogP contribution < -0.4 is 9.47 Å². The Kier molecular flexibility index (Phi) is 13.2. The van der Waals surface area contributed by atoms with Gasteiger partial charge in [-0.25, -0.2) is 0 Å². The molecule has 6 rings (SSSR count). The maximum atomic E-state index is 6.01. The monoisotopic (exact) mass is 664 g/mol. The van der Waals surface area contributed by atoms with E-state index in [1.54, 1.807) is 0 Å². The highest BCUT2D eigenvalue weighted by Gasteiger charge is 2.24. The summed E-state index contributed by atoms with van der Waals surface area (Å²) in [5.41, 5.74) is 7.51. The molecule has 4 aromatic carbocycles. The molecule has 0 spiro atoms. The van der Waals surface area contributed by atoms with Crippen molar-refractivity contribution in [3.63, 3.8) is 0 Å². The number of hydrogen-bond donors (Lipinski definition) is 0. The zero-order valence-electron chi connectivity index (χ0n) is 29.2. The number of ether oxygens (including phenoxy) is 6. The van der Waals surface area contributed by atoms with Crippen LogP contribution in [0.3, 0.4) is 0 Å². The van der Waals surface area contributed by atoms with E-state index in [9.17, 15) is 0 Å². The molecule has 0 radical (unpaired) electrons. The van der Waals surface area contributed by atoms with Gasteiger partial charge < -0.3 is 28.4 Å². The zero-order chi connectivity index (χ0) is 33.7. The number of benzene rings is 4. The third-order valence-corrected chi connectivity index (χ3v) is 9.23. The molecule has 2 heterocycles. The fourth-order valence-corrected chi connectivity index (χ4v) is 5.75. The van der Waals surface area contributed by atoms with E-state index in [0.717, 1.165) is 82.9 Å². The first-order valence-corrected chi connectivity index (χ1v) is 18.2. The van der Waals surface area contributed by atoms with Gasteiger partial charge in [-0.05, 0) is 116 Å². The molecule has 260 valence electrons. The third kappa shape index (κ3) is 12.3. The summed E-state index contributed by atoms with van der Waals surface area (Å²) in [4.78, 5) is 0. The van der Waals surface area contributed by atoms with Gasteiger partial charge in [0.05, 0.1) is 51.8 Å². The number of unbranched alkanes of at least 4 members (excludes halogenated alkanes) is 2. The maximum absolute atomic E-state index is 6.01. The van der Waals surface area contributed by atoms with Crippen LogP contribution in [0.4, 0.5) is 0 Å². The van der Waals surface area contributed by atoms with Crippen LogP contribution in [0.2, 0.25) is 0 Å². The van der Waals surface area contributed by atoms with Crippen LogP contribution in [0.15, 0.2) is 97.1 Å². The zero-order valence-corrected chi connectivity index (χ0v) is 29.2. The summed E-state index contributed by atoms with van der Waals surface area (Å²) in [7, 11) is 0. The molecular formula is C43H52O6. The molecule has 0 aromatic heterocycles. The molecule has 2 saturated heterocycles. The Morgan fingerprint density at radius 1 is 0.510 bits per heavy atom. The van der Waals surface area contributed by atoms with Crippen molar-refractivity contribution in [3.05, 3.63) is 108 Å². The van der Waals surface area contributed by atoms with E-state index in [0.29, 0.717) is 25.4 Å². The Hall–Kier alpha value is -3.68. The van der Waals surface area contributed by atoms with Gasteiger partial charge in [-0.15, -0.1) is 0 Å². The van der Waals surface area contributed by atoms with Crippen LogP contribution in [0.25, 0.3) is 22.3 Å². The van der Waals surface area contributed by atoms with E-state index in [2.05, 4.69) is 111 Å². The lowest BCUT2D eigenvalue weighted by atomic mass is 10.0. The second-order valence-electron chi connectivity index (χ2n) is 13.5. The molecule has 6 heteroatoms. The largest absolute Gasteiger partial charge is 0.494 e. The van der Waals surface area contributed by atoms with Crippen molar-refractivity contribution in [2.75, 3.05) is 39.6 Å². The van der Waals surface area contributed by atoms with Crippen LogP contribution >= 0.6 is 0 Å². The van der Waals surface area contributed by atoms with E-state index < -0.39 is 0 Å². The smallest absolute Gasteiger partial charge is 0.119 e. The molecule has 0 saturated carbocycles. The first-order valence-electron chi connectivity index (χ1n) is 18.2. The van der Waals surface area contributed by atoms with E-state index in [-0.39, 0.29) is 12.2 Å². The summed E-state index contributed by atoms with van der Waals surface area (Å²) in [6.07, 6.45) is 8.30. The molecule has 0 bridgehead atoms. The molecule has 0 amide bonds. The van der Waals surface area contributed by atoms with Gasteiger partial charge in [0, 0.05) is 0 Å². The summed E-state index contributed by atoms with van der Waals surface area (Å²) in [5.74, 6) is 1.83. The molecule has 6 nitrogen and oxygen atoms in total. The van der Waals surface area contributed by atoms with Gasteiger partial charge in [0.15, 0.2) is 0 Å². The van der Waals surface area contributed by atoms with Crippen LogP contribution in [-0.2, 0) is 31.8 Å². The lowest BCUT2D eigenvalue weighted by molar-refractivity contribution is 0.0494. The normalized spacial score (nSPS) is 17.8. The molecule has 0 N–H and O–H groups in total. The van der Waals surface area contributed by atoms with Crippen LogP contribution in [0.1, 0.15) is 57.1 Å². The number of epoxide rings is 2. The highest BCUT2D eigenvalue weighted by Crippen LogP contribution is 2.25. The lowest BCUT2D eigenvalue weighted by Gasteiger charge is -2.12. The Morgan fingerprint density at radius 2 is 0.857 bits per heavy atom. The topological polar surface area (TPSA) is 62.0 Å². The summed E-state index contributed by atoms with van der Waals surface area (Å²) in [5, 5.41) is 0. The molecule has 2 aliphatic heterocycles. The molecule has 49 heavy (non-hydrogen) atoms. The standard InChI is InChI=1S/C43H52O6/c1-32(46-28-42-30-48-42)6-8-34-10-14-36(15-11-34)38-18-22-40(23-19-38)44-26-4-3-5-27-45-41-24-20-39(21-25-41)37-16-12-35(13-17-37)9-7-33(2)47-29-43-31-49-43/h10-25,32-33,42-43H,3-9,26-31H2,1-2H3. The highest BCUT2D eigenvalue weighted by atomic mass is 16.6. The van der Waals surface area contributed by atoms with Crippen molar-refractivity contribution in [2.45, 2.75) is 83.2 Å². The van der Waals surface area contributed by atoms with Crippen LogP contribution in [0.5, 0.6) is 11.5 Å². The quantitative estimate of drug-likeness (QED) is 0.0617. The van der Waals surface area contributed by atoms with Gasteiger partial charge in [-0.1, -0.05) is 72.8 Å². The van der Waals surface area contributed by atoms with Crippen LogP contribution in [-0.4, -0.2) is 64.1 Å². The van der Waals surface area contributed by atoms with Gasteiger partial charge >= 0.3 is 0 Å². The Labute approximate surface area is 292 Å². The second kappa shape index (κ2) is 18.4. The number of rotatable bonds is 22. The Bertz CT molecular complexity index is 1390. The van der Waals surface area contributed by atoms with Crippen molar-refractivity contribution in [1.29, 1.82) is 0 Å². The van der Waals surface area contributed by atoms with Crippen molar-refractivity contribution >= 4 is 0 Å². The van der Waals surface area contributed by atoms with Gasteiger partial charge in [0.2, 0.25) is 0 Å². The van der Waals surface area contributed by atoms with Gasteiger partial charge in [-0.2, -0.15) is 0 Å². The summed E-state index contributed by atoms with van der Waals surface area (Å²) in [6, 6.07) is 34.5. The van der Waals surface area contributed by atoms with E-state index in [4.69, 9.17) is 28.4 Å². The van der Waals surface area contributed by atoms with Gasteiger partial charge in [0.1, 0.15) is 23.7 Å². The van der Waals surface area contributed by atoms with Crippen molar-refractivity contribution in [2.24, 2.45) is 0 Å². The highest BCUT2D eigenvalue weighted by molar-refractivity contribution is 5.65. The minimum atomic E-state index is 0.252. The summed E-state index contributed by atoms with van der Waals surface area (Å²) >= 11 is 0. The van der Waals surface area contributed by atoms with Crippen molar-refractivity contribution in [1.82, 2.24) is 0 Å². The SMILES string of the molecule is CC(CCc1ccc(-c2ccc(OCCCCCOc3ccc(-c4ccc(CCC(C)OCC5CO5)cc4)cc3)cc2)cc1)OCC1CO1. The minimum absolute atomic E-state index is 0.252. The summed E-state index contributed by atoms with van der Waals surface area (Å²) < 4.78 is 34.2. The Morgan fingerprint density at radius 3 is 1.20 bits per heavy atom. The lowest BCUT2D eigenvalue weighted by Crippen LogP contribution is -2.13. The Balaban J connectivity index is 0.817. The van der Waals surface area contributed by atoms with Crippen LogP contribution in [0, 0.1) is 0 Å². The van der Waals surface area contributed by atoms with Crippen molar-refractivity contribution in [3.8, 4) is 33.8 Å². The maximum Gasteiger partial charge on any atom is 0.119 e. The molecule has 0 aliphatic carbocycles. The molecule has 2 aliphatic rings. The minimum Gasteiger partial charge on any atom is -0.494 e. The molecule has 4 atom stereocenters. The first-order chi connectivity index (χ1) is 24.1. The van der Waals surface area contributed by atoms with Gasteiger partial charge in [-0.3, -0.25) is 0 Å². The molecule has 4 aromatic rings. The average Bonchev–Trinajstić information content (AvgIpc) is 4.08. The second-order valence-corrected chi connectivity index (χ2v) is 13.5. The fourth-order valence-electron chi connectivity index (χ4n) is 5.75. The third-order valence-electron chi connectivity index (χ3n) is 9.23. The first kappa shape index (κ1) is 35.2. The van der Waals surface area contributed by atoms with E-state index in [1.165, 1.54) is 33.4 Å². The summed E-state index contributed by atoms with van der Waals surface area (Å²) in [6.45, 7) is 8.84. The molecular weight excluding hydrogens is 612 g/mol. The predicted molar refractivity (Wildman–Crippen MR) is 196 cm³/mol. The fraction of sp³-hybridized carbons (Fsp3) is 0.442. The molecule has 2 fully saturated rings. The van der Waals surface area contributed by atoms with Crippen molar-refractivity contribution < 1.29 is 28.4 Å². The molecule has 4 unspecified atom stereocenters. The van der Waals surface area contributed by atoms with E-state index >= 15 is 0 Å². The number of aryl methyl sites for hydroxylation is 2. The van der Waals surface area contributed by atoms with Gasteiger partial charge in [0.25, 0.3) is 0 Å².